The van der Waals surface area contributed by atoms with Gasteiger partial charge in [-0.15, -0.1) is 11.3 Å². The average molecular weight is 184 g/mol. The first kappa shape index (κ1) is 9.68. The molecule has 1 heterocycles. The van der Waals surface area contributed by atoms with Gasteiger partial charge in [0, 0.05) is 11.9 Å². The minimum Gasteiger partial charge on any atom is -0.298 e. The molecule has 12 heavy (non-hydrogen) atoms. The molecule has 0 spiro atoms. The molecule has 2 nitrogen and oxygen atoms in total. The monoisotopic (exact) mass is 184 g/mol. The number of hydrogen-bond donors (Lipinski definition) is 0. The lowest BCUT2D eigenvalue weighted by Crippen LogP contribution is -2.22. The minimum absolute atomic E-state index is 0.997. The Morgan fingerprint density at radius 2 is 2.08 bits per heavy atom. The molecule has 0 saturated heterocycles. The molecule has 0 fully saturated rings. The number of nitrogens with zero attached hydrogens (tertiary/aromatic N) is 2. The number of aryl methyl sites for hydroxylation is 1. The third-order valence-corrected chi connectivity index (χ3v) is 2.77. The second-order valence-electron chi connectivity index (χ2n) is 2.82. The third kappa shape index (κ3) is 2.57. The first-order valence-corrected chi connectivity index (χ1v) is 5.27. The van der Waals surface area contributed by atoms with E-state index in [9.17, 15) is 0 Å². The normalized spacial score (nSPS) is 11.0. The summed E-state index contributed by atoms with van der Waals surface area (Å²) in [5, 5.41) is 3.31. The Balaban J connectivity index is 2.50. The fourth-order valence-corrected chi connectivity index (χ4v) is 1.76. The van der Waals surface area contributed by atoms with Gasteiger partial charge in [-0.1, -0.05) is 13.8 Å². The summed E-state index contributed by atoms with van der Waals surface area (Å²) in [6.07, 6.45) is 0. The van der Waals surface area contributed by atoms with Crippen LogP contribution in [-0.4, -0.2) is 23.0 Å². The molecule has 0 radical (unpaired) electrons. The lowest BCUT2D eigenvalue weighted by molar-refractivity contribution is 0.293. The van der Waals surface area contributed by atoms with Crippen molar-refractivity contribution in [3.63, 3.8) is 0 Å². The second-order valence-corrected chi connectivity index (χ2v) is 3.88. The van der Waals surface area contributed by atoms with Gasteiger partial charge < -0.3 is 0 Å². The molecule has 0 saturated carbocycles. The zero-order chi connectivity index (χ0) is 8.97. The third-order valence-electron chi connectivity index (χ3n) is 1.95. The van der Waals surface area contributed by atoms with Gasteiger partial charge in [0.1, 0.15) is 0 Å². The van der Waals surface area contributed by atoms with E-state index >= 15 is 0 Å². The Morgan fingerprint density at radius 1 is 1.42 bits per heavy atom. The van der Waals surface area contributed by atoms with Crippen LogP contribution in [0, 0.1) is 6.92 Å². The molecule has 0 amide bonds. The molecule has 0 aliphatic carbocycles. The number of thiazole rings is 1. The molecule has 3 heteroatoms. The summed E-state index contributed by atoms with van der Waals surface area (Å²) in [6.45, 7) is 9.62. The average Bonchev–Trinajstić information content (AvgIpc) is 2.47. The van der Waals surface area contributed by atoms with Crippen LogP contribution in [0.5, 0.6) is 0 Å². The molecule has 1 rings (SSSR count). The van der Waals surface area contributed by atoms with Crippen molar-refractivity contribution in [2.24, 2.45) is 0 Å². The van der Waals surface area contributed by atoms with Crippen molar-refractivity contribution < 1.29 is 0 Å². The van der Waals surface area contributed by atoms with Gasteiger partial charge in [-0.2, -0.15) is 0 Å². The van der Waals surface area contributed by atoms with Crippen molar-refractivity contribution in [3.05, 3.63) is 16.1 Å². The minimum atomic E-state index is 0.997. The molecule has 1 aromatic heterocycles. The van der Waals surface area contributed by atoms with E-state index in [-0.39, 0.29) is 0 Å². The van der Waals surface area contributed by atoms with Crippen molar-refractivity contribution in [3.8, 4) is 0 Å². The molecule has 0 N–H and O–H groups in total. The van der Waals surface area contributed by atoms with Crippen LogP contribution in [0.1, 0.15) is 24.5 Å². The second kappa shape index (κ2) is 4.58. The predicted octanol–water partition coefficient (Wildman–Crippen LogP) is 2.29. The van der Waals surface area contributed by atoms with Gasteiger partial charge in [0.2, 0.25) is 0 Å². The van der Waals surface area contributed by atoms with Gasteiger partial charge in [-0.25, -0.2) is 4.98 Å². The van der Waals surface area contributed by atoms with Gasteiger partial charge in [-0.3, -0.25) is 4.90 Å². The maximum atomic E-state index is 4.42. The van der Waals surface area contributed by atoms with Crippen molar-refractivity contribution in [1.82, 2.24) is 9.88 Å². The highest BCUT2D eigenvalue weighted by atomic mass is 32.1. The van der Waals surface area contributed by atoms with Crippen LogP contribution in [0.3, 0.4) is 0 Å². The Kier molecular flexibility index (Phi) is 3.69. The Bertz CT molecular complexity index is 228. The van der Waals surface area contributed by atoms with Crippen molar-refractivity contribution in [1.29, 1.82) is 0 Å². The molecular formula is C9H16N2S. The van der Waals surface area contributed by atoms with E-state index in [1.54, 1.807) is 11.3 Å². The molecule has 0 aliphatic heterocycles. The molecular weight excluding hydrogens is 168 g/mol. The highest BCUT2D eigenvalue weighted by Gasteiger charge is 2.02. The Hall–Kier alpha value is -0.410. The van der Waals surface area contributed by atoms with E-state index < -0.39 is 0 Å². The molecule has 0 bridgehead atoms. The van der Waals surface area contributed by atoms with Gasteiger partial charge in [0.15, 0.2) is 0 Å². The fourth-order valence-electron chi connectivity index (χ4n) is 1.16. The number of aromatic nitrogens is 1. The quantitative estimate of drug-likeness (QED) is 0.713. The number of hydrogen-bond acceptors (Lipinski definition) is 3. The highest BCUT2D eigenvalue weighted by molar-refractivity contribution is 7.09. The summed E-state index contributed by atoms with van der Waals surface area (Å²) in [4.78, 5) is 6.79. The zero-order valence-electron chi connectivity index (χ0n) is 8.00. The predicted molar refractivity (Wildman–Crippen MR) is 53.5 cm³/mol. The smallest absolute Gasteiger partial charge is 0.0897 e. The van der Waals surface area contributed by atoms with Gasteiger partial charge in [0.25, 0.3) is 0 Å². The maximum Gasteiger partial charge on any atom is 0.0897 e. The lowest BCUT2D eigenvalue weighted by atomic mass is 10.4. The maximum absolute atomic E-state index is 4.42. The topological polar surface area (TPSA) is 16.1 Å². The molecule has 1 aromatic rings. The van der Waals surface area contributed by atoms with Gasteiger partial charge in [-0.05, 0) is 20.0 Å². The summed E-state index contributed by atoms with van der Waals surface area (Å²) in [5.41, 5.74) is 1.21. The largest absolute Gasteiger partial charge is 0.298 e. The van der Waals surface area contributed by atoms with E-state index in [1.807, 2.05) is 0 Å². The standard InChI is InChI=1S/C9H16N2S/c1-4-11(5-2)6-9-7-12-8(3)10-9/h7H,4-6H2,1-3H3. The van der Waals surface area contributed by atoms with E-state index in [2.05, 4.69) is 36.0 Å². The van der Waals surface area contributed by atoms with Crippen LogP contribution < -0.4 is 0 Å². The van der Waals surface area contributed by atoms with Crippen LogP contribution in [0.2, 0.25) is 0 Å². The van der Waals surface area contributed by atoms with Crippen LogP contribution in [0.15, 0.2) is 5.38 Å². The fraction of sp³-hybridized carbons (Fsp3) is 0.667. The SMILES string of the molecule is CCN(CC)Cc1csc(C)n1. The highest BCUT2D eigenvalue weighted by Crippen LogP contribution is 2.09. The van der Waals surface area contributed by atoms with Gasteiger partial charge >= 0.3 is 0 Å². The molecule has 0 aliphatic rings. The Morgan fingerprint density at radius 3 is 2.50 bits per heavy atom. The summed E-state index contributed by atoms with van der Waals surface area (Å²) in [5.74, 6) is 0. The van der Waals surface area contributed by atoms with Crippen LogP contribution >= 0.6 is 11.3 Å². The molecule has 68 valence electrons. The first-order chi connectivity index (χ1) is 5.76. The first-order valence-electron chi connectivity index (χ1n) is 4.39. The number of rotatable bonds is 4. The van der Waals surface area contributed by atoms with E-state index in [1.165, 1.54) is 5.69 Å². The van der Waals surface area contributed by atoms with Crippen LogP contribution in [0.25, 0.3) is 0 Å². The molecule has 0 aromatic carbocycles. The lowest BCUT2D eigenvalue weighted by Gasteiger charge is -2.15. The summed E-state index contributed by atoms with van der Waals surface area (Å²) in [7, 11) is 0. The zero-order valence-corrected chi connectivity index (χ0v) is 8.82. The Labute approximate surface area is 78.2 Å². The van der Waals surface area contributed by atoms with E-state index in [0.717, 1.165) is 24.6 Å². The van der Waals surface area contributed by atoms with Crippen molar-refractivity contribution in [2.75, 3.05) is 13.1 Å². The molecule has 0 unspecified atom stereocenters. The van der Waals surface area contributed by atoms with E-state index in [4.69, 9.17) is 0 Å². The summed E-state index contributed by atoms with van der Waals surface area (Å²) in [6, 6.07) is 0. The van der Waals surface area contributed by atoms with Crippen molar-refractivity contribution in [2.45, 2.75) is 27.3 Å². The van der Waals surface area contributed by atoms with Crippen LogP contribution in [-0.2, 0) is 6.54 Å². The van der Waals surface area contributed by atoms with Gasteiger partial charge in [0.05, 0.1) is 10.7 Å². The van der Waals surface area contributed by atoms with E-state index in [0.29, 0.717) is 0 Å². The van der Waals surface area contributed by atoms with Crippen molar-refractivity contribution >= 4 is 11.3 Å². The molecule has 0 atom stereocenters. The summed E-state index contributed by atoms with van der Waals surface area (Å²) >= 11 is 1.73. The summed E-state index contributed by atoms with van der Waals surface area (Å²) < 4.78 is 0. The van der Waals surface area contributed by atoms with Crippen LogP contribution in [0.4, 0.5) is 0 Å².